The highest BCUT2D eigenvalue weighted by atomic mass is 19.1. The van der Waals surface area contributed by atoms with E-state index < -0.39 is 0 Å². The molecule has 27 heavy (non-hydrogen) atoms. The van der Waals surface area contributed by atoms with E-state index >= 15 is 0 Å². The Bertz CT molecular complexity index is 1060. The summed E-state index contributed by atoms with van der Waals surface area (Å²) in [4.78, 5) is 27.0. The Morgan fingerprint density at radius 2 is 1.56 bits per heavy atom. The summed E-state index contributed by atoms with van der Waals surface area (Å²) in [6.45, 7) is 0. The summed E-state index contributed by atoms with van der Waals surface area (Å²) in [5.74, 6) is -0.361. The van der Waals surface area contributed by atoms with Gasteiger partial charge in [-0.3, -0.25) is 14.3 Å². The molecular formula is C21H16FN3O2. The third-order valence-electron chi connectivity index (χ3n) is 5.17. The summed E-state index contributed by atoms with van der Waals surface area (Å²) in [7, 11) is 1.78. The summed E-state index contributed by atoms with van der Waals surface area (Å²) in [6, 6.07) is 13.0. The van der Waals surface area contributed by atoms with E-state index in [-0.39, 0.29) is 23.5 Å². The quantitative estimate of drug-likeness (QED) is 0.665. The number of amides is 2. The molecule has 1 aliphatic heterocycles. The largest absolute Gasteiger partial charge is 0.268 e. The summed E-state index contributed by atoms with van der Waals surface area (Å²) < 4.78 is 15.0. The van der Waals surface area contributed by atoms with Gasteiger partial charge in [-0.25, -0.2) is 9.29 Å². The first-order chi connectivity index (χ1) is 13.1. The van der Waals surface area contributed by atoms with Crippen molar-refractivity contribution < 1.29 is 14.0 Å². The van der Waals surface area contributed by atoms with Crippen LogP contribution in [0.4, 0.5) is 10.2 Å². The SMILES string of the molecule is Cn1nc(N2C(=O)c3ccccc3C2=O)c(C2CC2)c1-c1ccc(F)cc1. The van der Waals surface area contributed by atoms with Crippen LogP contribution in [0.2, 0.25) is 0 Å². The molecule has 5 rings (SSSR count). The first-order valence-electron chi connectivity index (χ1n) is 8.87. The first-order valence-corrected chi connectivity index (χ1v) is 8.87. The van der Waals surface area contributed by atoms with E-state index in [0.717, 1.165) is 29.7 Å². The minimum atomic E-state index is -0.346. The van der Waals surface area contributed by atoms with Gasteiger partial charge in [-0.05, 0) is 55.2 Å². The lowest BCUT2D eigenvalue weighted by atomic mass is 10.0. The molecule has 0 spiro atoms. The highest BCUT2D eigenvalue weighted by Gasteiger charge is 2.42. The van der Waals surface area contributed by atoms with Gasteiger partial charge < -0.3 is 0 Å². The van der Waals surface area contributed by atoms with Crippen molar-refractivity contribution >= 4 is 17.6 Å². The van der Waals surface area contributed by atoms with Crippen LogP contribution >= 0.6 is 0 Å². The fourth-order valence-electron chi connectivity index (χ4n) is 3.77. The number of benzene rings is 2. The maximum atomic E-state index is 13.4. The Hall–Kier alpha value is -3.28. The molecule has 1 aliphatic carbocycles. The highest BCUT2D eigenvalue weighted by molar-refractivity contribution is 6.34. The number of nitrogens with zero attached hydrogens (tertiary/aromatic N) is 3. The molecule has 6 heteroatoms. The normalized spacial score (nSPS) is 16.1. The molecule has 0 N–H and O–H groups in total. The van der Waals surface area contributed by atoms with Gasteiger partial charge in [-0.15, -0.1) is 0 Å². The van der Waals surface area contributed by atoms with Gasteiger partial charge in [0.1, 0.15) is 5.82 Å². The molecule has 1 aromatic heterocycles. The van der Waals surface area contributed by atoms with E-state index in [9.17, 15) is 14.0 Å². The number of aryl methyl sites for hydroxylation is 1. The van der Waals surface area contributed by atoms with Gasteiger partial charge in [0.2, 0.25) is 0 Å². The number of hydrogen-bond donors (Lipinski definition) is 0. The standard InChI is InChI=1S/C21H16FN3O2/c1-24-18(13-8-10-14(22)11-9-13)17(12-6-7-12)19(23-24)25-20(26)15-4-2-3-5-16(15)21(25)27/h2-5,8-12H,6-7H2,1H3. The second-order valence-corrected chi connectivity index (χ2v) is 6.98. The van der Waals surface area contributed by atoms with Gasteiger partial charge in [-0.1, -0.05) is 12.1 Å². The van der Waals surface area contributed by atoms with E-state index in [1.807, 2.05) is 0 Å². The van der Waals surface area contributed by atoms with E-state index in [1.54, 1.807) is 48.1 Å². The smallest absolute Gasteiger partial charge is 0.267 e. The molecule has 0 saturated heterocycles. The number of rotatable bonds is 3. The number of halogens is 1. The average molecular weight is 361 g/mol. The van der Waals surface area contributed by atoms with Crippen molar-refractivity contribution in [1.29, 1.82) is 0 Å². The van der Waals surface area contributed by atoms with Crippen LogP contribution in [0.3, 0.4) is 0 Å². The number of aromatic nitrogens is 2. The Balaban J connectivity index is 1.69. The lowest BCUT2D eigenvalue weighted by molar-refractivity contribution is 0.0924. The van der Waals surface area contributed by atoms with E-state index in [1.165, 1.54) is 17.0 Å². The van der Waals surface area contributed by atoms with Crippen molar-refractivity contribution in [3.63, 3.8) is 0 Å². The molecule has 0 bridgehead atoms. The molecule has 0 radical (unpaired) electrons. The molecule has 0 atom stereocenters. The zero-order valence-corrected chi connectivity index (χ0v) is 14.6. The van der Waals surface area contributed by atoms with E-state index in [0.29, 0.717) is 16.9 Å². The van der Waals surface area contributed by atoms with Gasteiger partial charge >= 0.3 is 0 Å². The van der Waals surface area contributed by atoms with Crippen molar-refractivity contribution in [3.05, 3.63) is 71.0 Å². The van der Waals surface area contributed by atoms with Gasteiger partial charge in [0, 0.05) is 18.2 Å². The van der Waals surface area contributed by atoms with Crippen molar-refractivity contribution in [2.75, 3.05) is 4.90 Å². The fourth-order valence-corrected chi connectivity index (χ4v) is 3.77. The van der Waals surface area contributed by atoms with Crippen LogP contribution in [0.5, 0.6) is 0 Å². The van der Waals surface area contributed by atoms with Crippen LogP contribution in [0.1, 0.15) is 45.0 Å². The Morgan fingerprint density at radius 3 is 2.11 bits per heavy atom. The molecule has 3 aromatic rings. The Labute approximate surface area is 155 Å². The van der Waals surface area contributed by atoms with Crippen LogP contribution in [-0.4, -0.2) is 21.6 Å². The molecule has 2 heterocycles. The van der Waals surface area contributed by atoms with Crippen molar-refractivity contribution in [2.45, 2.75) is 18.8 Å². The zero-order chi connectivity index (χ0) is 18.7. The second kappa shape index (κ2) is 5.61. The molecule has 2 aromatic carbocycles. The molecule has 1 saturated carbocycles. The molecule has 0 unspecified atom stereocenters. The summed E-state index contributed by atoms with van der Waals surface area (Å²) in [6.07, 6.45) is 1.96. The third-order valence-corrected chi connectivity index (χ3v) is 5.17. The number of carbonyl (C=O) groups is 2. The monoisotopic (exact) mass is 361 g/mol. The minimum absolute atomic E-state index is 0.248. The van der Waals surface area contributed by atoms with Gasteiger partial charge in [-0.2, -0.15) is 5.10 Å². The summed E-state index contributed by atoms with van der Waals surface area (Å²) >= 11 is 0. The highest BCUT2D eigenvalue weighted by Crippen LogP contribution is 2.49. The first kappa shape index (κ1) is 15.9. The Morgan fingerprint density at radius 1 is 0.963 bits per heavy atom. The maximum Gasteiger partial charge on any atom is 0.267 e. The summed E-state index contributed by atoms with van der Waals surface area (Å²) in [5.41, 5.74) is 3.33. The van der Waals surface area contributed by atoms with Crippen LogP contribution in [-0.2, 0) is 7.05 Å². The van der Waals surface area contributed by atoms with Crippen molar-refractivity contribution in [2.24, 2.45) is 7.05 Å². The molecule has 2 amide bonds. The van der Waals surface area contributed by atoms with Gasteiger partial charge in [0.05, 0.1) is 16.8 Å². The van der Waals surface area contributed by atoms with Crippen molar-refractivity contribution in [3.8, 4) is 11.3 Å². The number of carbonyl (C=O) groups excluding carboxylic acids is 2. The number of imide groups is 1. The second-order valence-electron chi connectivity index (χ2n) is 6.98. The molecule has 1 fully saturated rings. The lowest BCUT2D eigenvalue weighted by Gasteiger charge is -2.13. The Kier molecular flexibility index (Phi) is 3.31. The van der Waals surface area contributed by atoms with Crippen LogP contribution < -0.4 is 4.90 Å². The fraction of sp³-hybridized carbons (Fsp3) is 0.190. The molecular weight excluding hydrogens is 345 g/mol. The topological polar surface area (TPSA) is 55.2 Å². The van der Waals surface area contributed by atoms with Crippen LogP contribution in [0.15, 0.2) is 48.5 Å². The van der Waals surface area contributed by atoms with Crippen molar-refractivity contribution in [1.82, 2.24) is 9.78 Å². The lowest BCUT2D eigenvalue weighted by Crippen LogP contribution is -2.30. The number of fused-ring (bicyclic) bond motifs is 1. The van der Waals surface area contributed by atoms with Crippen LogP contribution in [0, 0.1) is 5.82 Å². The van der Waals surface area contributed by atoms with E-state index in [4.69, 9.17) is 0 Å². The number of hydrogen-bond acceptors (Lipinski definition) is 3. The molecule has 2 aliphatic rings. The van der Waals surface area contributed by atoms with E-state index in [2.05, 4.69) is 5.10 Å². The maximum absolute atomic E-state index is 13.4. The molecule has 5 nitrogen and oxygen atoms in total. The molecule has 134 valence electrons. The van der Waals surface area contributed by atoms with Crippen LogP contribution in [0.25, 0.3) is 11.3 Å². The predicted molar refractivity (Wildman–Crippen MR) is 98.2 cm³/mol. The minimum Gasteiger partial charge on any atom is -0.268 e. The predicted octanol–water partition coefficient (Wildman–Crippen LogP) is 3.90. The summed E-state index contributed by atoms with van der Waals surface area (Å²) in [5, 5.41) is 4.54. The zero-order valence-electron chi connectivity index (χ0n) is 14.6. The van der Waals surface area contributed by atoms with Gasteiger partial charge in [0.15, 0.2) is 5.82 Å². The third kappa shape index (κ3) is 2.33. The number of anilines is 1. The average Bonchev–Trinajstić information content (AvgIpc) is 3.41. The van der Waals surface area contributed by atoms with Gasteiger partial charge in [0.25, 0.3) is 11.8 Å².